The molecule has 0 saturated heterocycles. The van der Waals surface area contributed by atoms with Gasteiger partial charge in [0, 0.05) is 30.3 Å². The topological polar surface area (TPSA) is 119 Å². The summed E-state index contributed by atoms with van der Waals surface area (Å²) in [5.74, 6) is -1.57. The molecular weight excluding hydrogens is 326 g/mol. The number of aromatic nitrogens is 4. The maximum atomic E-state index is 12.6. The van der Waals surface area contributed by atoms with Gasteiger partial charge in [-0.2, -0.15) is 4.98 Å². The van der Waals surface area contributed by atoms with Crippen LogP contribution in [0.1, 0.15) is 43.5 Å². The van der Waals surface area contributed by atoms with Gasteiger partial charge >= 0.3 is 5.97 Å². The number of hydrogen-bond donors (Lipinski definition) is 2. The van der Waals surface area contributed by atoms with Crippen LogP contribution in [-0.4, -0.2) is 54.8 Å². The second kappa shape index (κ2) is 5.76. The average Bonchev–Trinajstić information content (AvgIpc) is 2.99. The Morgan fingerprint density at radius 1 is 1.48 bits per heavy atom. The predicted octanol–water partition coefficient (Wildman–Crippen LogP) is 0.821. The second-order valence-corrected chi connectivity index (χ2v) is 6.77. The van der Waals surface area contributed by atoms with E-state index in [1.807, 2.05) is 13.8 Å². The van der Waals surface area contributed by atoms with Crippen molar-refractivity contribution in [1.29, 1.82) is 0 Å². The largest absolute Gasteiger partial charge is 0.479 e. The fourth-order valence-corrected chi connectivity index (χ4v) is 3.29. The zero-order valence-electron chi connectivity index (χ0n) is 14.6. The molecule has 2 aromatic heterocycles. The molecule has 2 atom stereocenters. The Bertz CT molecular complexity index is 846. The van der Waals surface area contributed by atoms with Gasteiger partial charge in [0.05, 0.1) is 6.10 Å². The third kappa shape index (κ3) is 2.46. The highest BCUT2D eigenvalue weighted by Crippen LogP contribution is 2.51. The monoisotopic (exact) mass is 347 g/mol. The Morgan fingerprint density at radius 2 is 2.20 bits per heavy atom. The van der Waals surface area contributed by atoms with Crippen molar-refractivity contribution in [3.63, 3.8) is 0 Å². The summed E-state index contributed by atoms with van der Waals surface area (Å²) in [6, 6.07) is 1.74. The molecule has 3 rings (SSSR count). The summed E-state index contributed by atoms with van der Waals surface area (Å²) in [5.41, 5.74) is -1.42. The normalized spacial score (nSPS) is 24.7. The van der Waals surface area contributed by atoms with E-state index in [-0.39, 0.29) is 24.1 Å². The summed E-state index contributed by atoms with van der Waals surface area (Å²) in [6.07, 6.45) is 1.52. The second-order valence-electron chi connectivity index (χ2n) is 6.77. The van der Waals surface area contributed by atoms with E-state index >= 15 is 0 Å². The van der Waals surface area contributed by atoms with Gasteiger partial charge in [-0.3, -0.25) is 4.79 Å². The third-order valence-corrected chi connectivity index (χ3v) is 5.09. The molecule has 2 unspecified atom stereocenters. The summed E-state index contributed by atoms with van der Waals surface area (Å²) >= 11 is 0. The molecule has 25 heavy (non-hydrogen) atoms. The fourth-order valence-electron chi connectivity index (χ4n) is 3.29. The summed E-state index contributed by atoms with van der Waals surface area (Å²) in [6.45, 7) is 7.69. The predicted molar refractivity (Wildman–Crippen MR) is 87.2 cm³/mol. The number of ether oxygens (including phenoxy) is 1. The molecule has 1 aliphatic rings. The Morgan fingerprint density at radius 3 is 2.76 bits per heavy atom. The van der Waals surface area contributed by atoms with Crippen LogP contribution in [0.5, 0.6) is 0 Å². The highest BCUT2D eigenvalue weighted by atomic mass is 16.5. The number of aliphatic carboxylic acids is 1. The van der Waals surface area contributed by atoms with E-state index in [4.69, 9.17) is 4.74 Å². The Balaban J connectivity index is 1.89. The van der Waals surface area contributed by atoms with Crippen molar-refractivity contribution in [1.82, 2.24) is 24.9 Å². The minimum Gasteiger partial charge on any atom is -0.479 e. The zero-order valence-corrected chi connectivity index (χ0v) is 14.6. The number of nitrogens with one attached hydrogen (secondary N) is 1. The van der Waals surface area contributed by atoms with Crippen LogP contribution in [0.15, 0.2) is 12.3 Å². The number of nitrogens with zero attached hydrogens (tertiary/aromatic N) is 4. The molecule has 9 nitrogen and oxygen atoms in total. The van der Waals surface area contributed by atoms with Gasteiger partial charge < -0.3 is 15.2 Å². The van der Waals surface area contributed by atoms with Crippen LogP contribution < -0.4 is 5.32 Å². The van der Waals surface area contributed by atoms with Crippen molar-refractivity contribution >= 4 is 17.7 Å². The summed E-state index contributed by atoms with van der Waals surface area (Å²) < 4.78 is 7.03. The minimum atomic E-state index is -1.43. The fraction of sp³-hybridized carbons (Fsp3) is 0.562. The van der Waals surface area contributed by atoms with E-state index in [0.717, 1.165) is 5.69 Å². The number of aryl methyl sites for hydroxylation is 1. The van der Waals surface area contributed by atoms with Crippen LogP contribution in [-0.2, 0) is 9.53 Å². The van der Waals surface area contributed by atoms with E-state index in [1.54, 1.807) is 26.1 Å². The molecule has 2 N–H and O–H groups in total. The number of carboxylic acid groups (broad SMARTS) is 1. The molecule has 0 radical (unpaired) electrons. The Hall–Kier alpha value is -2.55. The van der Waals surface area contributed by atoms with Gasteiger partial charge in [0.15, 0.2) is 0 Å². The molecule has 1 aliphatic carbocycles. The first-order valence-corrected chi connectivity index (χ1v) is 8.09. The summed E-state index contributed by atoms with van der Waals surface area (Å²) in [5, 5.41) is 16.5. The standard InChI is InChI=1S/C16H21N5O4/c1-5-25-10-8-16(13(23)24,15(10,3)4)19-12(22)11-18-14-17-7-6-9(2)21(14)20-11/h6-7,10H,5,8H2,1-4H3,(H,19,22)(H,23,24). The van der Waals surface area contributed by atoms with Crippen molar-refractivity contribution < 1.29 is 19.4 Å². The molecule has 0 aromatic carbocycles. The van der Waals surface area contributed by atoms with Gasteiger partial charge in [0.1, 0.15) is 5.54 Å². The summed E-state index contributed by atoms with van der Waals surface area (Å²) in [7, 11) is 0. The average molecular weight is 347 g/mol. The van der Waals surface area contributed by atoms with Gasteiger partial charge in [-0.05, 0) is 19.9 Å². The van der Waals surface area contributed by atoms with Crippen LogP contribution in [0.2, 0.25) is 0 Å². The quantitative estimate of drug-likeness (QED) is 0.822. The van der Waals surface area contributed by atoms with Crippen LogP contribution in [0.25, 0.3) is 5.78 Å². The number of carboxylic acids is 1. The van der Waals surface area contributed by atoms with Gasteiger partial charge in [-0.25, -0.2) is 14.3 Å². The van der Waals surface area contributed by atoms with Gasteiger partial charge in [0.25, 0.3) is 11.7 Å². The first kappa shape index (κ1) is 17.3. The maximum absolute atomic E-state index is 12.6. The van der Waals surface area contributed by atoms with Crippen LogP contribution in [0.4, 0.5) is 0 Å². The first-order chi connectivity index (χ1) is 11.7. The zero-order chi connectivity index (χ0) is 18.4. The lowest BCUT2D eigenvalue weighted by molar-refractivity contribution is -0.190. The molecule has 1 saturated carbocycles. The van der Waals surface area contributed by atoms with E-state index in [1.165, 1.54) is 4.52 Å². The number of fused-ring (bicyclic) bond motifs is 1. The number of hydrogen-bond acceptors (Lipinski definition) is 6. The van der Waals surface area contributed by atoms with E-state index < -0.39 is 22.8 Å². The maximum Gasteiger partial charge on any atom is 0.330 e. The number of carbonyl (C=O) groups is 2. The van der Waals surface area contributed by atoms with Crippen molar-refractivity contribution in [2.24, 2.45) is 5.41 Å². The molecule has 0 spiro atoms. The lowest BCUT2D eigenvalue weighted by atomic mass is 9.54. The first-order valence-electron chi connectivity index (χ1n) is 8.09. The lowest BCUT2D eigenvalue weighted by Gasteiger charge is -2.58. The molecule has 9 heteroatoms. The SMILES string of the molecule is CCOC1CC(NC(=O)c2nc3nccc(C)n3n2)(C(=O)O)C1(C)C. The highest BCUT2D eigenvalue weighted by Gasteiger charge is 2.66. The number of carbonyl (C=O) groups excluding carboxylic acids is 1. The Labute approximate surface area is 144 Å². The number of amides is 1. The molecule has 2 heterocycles. The molecular formula is C16H21N5O4. The molecule has 0 bridgehead atoms. The smallest absolute Gasteiger partial charge is 0.330 e. The Kier molecular flexibility index (Phi) is 3.98. The van der Waals surface area contributed by atoms with E-state index in [9.17, 15) is 14.7 Å². The molecule has 2 aromatic rings. The van der Waals surface area contributed by atoms with Crippen molar-refractivity contribution in [2.75, 3.05) is 6.61 Å². The molecule has 1 amide bonds. The molecule has 1 fully saturated rings. The van der Waals surface area contributed by atoms with Gasteiger partial charge in [-0.1, -0.05) is 13.8 Å². The van der Waals surface area contributed by atoms with Crippen molar-refractivity contribution in [3.8, 4) is 0 Å². The van der Waals surface area contributed by atoms with Crippen LogP contribution >= 0.6 is 0 Å². The highest BCUT2D eigenvalue weighted by molar-refractivity contribution is 5.96. The molecule has 134 valence electrons. The van der Waals surface area contributed by atoms with E-state index in [0.29, 0.717) is 6.61 Å². The lowest BCUT2D eigenvalue weighted by Crippen LogP contribution is -2.76. The van der Waals surface area contributed by atoms with Gasteiger partial charge in [0.2, 0.25) is 5.82 Å². The van der Waals surface area contributed by atoms with Crippen LogP contribution in [0, 0.1) is 12.3 Å². The van der Waals surface area contributed by atoms with Gasteiger partial charge in [-0.15, -0.1) is 5.10 Å². The molecule has 0 aliphatic heterocycles. The van der Waals surface area contributed by atoms with E-state index in [2.05, 4.69) is 20.4 Å². The number of rotatable bonds is 5. The van der Waals surface area contributed by atoms with Crippen molar-refractivity contribution in [3.05, 3.63) is 23.8 Å². The minimum absolute atomic E-state index is 0.113. The van der Waals surface area contributed by atoms with Crippen molar-refractivity contribution in [2.45, 2.75) is 45.8 Å². The van der Waals surface area contributed by atoms with Crippen LogP contribution in [0.3, 0.4) is 0 Å². The summed E-state index contributed by atoms with van der Waals surface area (Å²) in [4.78, 5) is 32.7. The third-order valence-electron chi connectivity index (χ3n) is 5.09.